The number of hydrogen-bond donors (Lipinski definition) is 6. The van der Waals surface area contributed by atoms with E-state index in [4.69, 9.17) is 9.79 Å². The predicted octanol–water partition coefficient (Wildman–Crippen LogP) is -1.76. The zero-order chi connectivity index (χ0) is 18.4. The second-order valence-electron chi connectivity index (χ2n) is 5.24. The van der Waals surface area contributed by atoms with Gasteiger partial charge in [-0.15, -0.1) is 0 Å². The van der Waals surface area contributed by atoms with Crippen molar-refractivity contribution in [2.24, 2.45) is 0 Å². The van der Waals surface area contributed by atoms with E-state index in [2.05, 4.69) is 21.3 Å². The van der Waals surface area contributed by atoms with Gasteiger partial charge in [0.1, 0.15) is 17.9 Å². The van der Waals surface area contributed by atoms with E-state index in [1.807, 2.05) is 0 Å². The summed E-state index contributed by atoms with van der Waals surface area (Å²) in [4.78, 5) is 53.2. The molecule has 0 aromatic rings. The quantitative estimate of drug-likeness (QED) is 0.283. The van der Waals surface area contributed by atoms with Gasteiger partial charge < -0.3 is 31.1 Å². The van der Waals surface area contributed by atoms with Crippen molar-refractivity contribution in [2.45, 2.75) is 51.6 Å². The Kier molecular flexibility index (Phi) is 8.39. The number of likely N-dealkylation sites (N-methyl/N-ethyl adjacent to an activating group) is 1. The molecule has 4 atom stereocenters. The second kappa shape index (κ2) is 8.97. The van der Waals surface area contributed by atoms with Crippen LogP contribution < -0.4 is 21.3 Å². The highest BCUT2D eigenvalue weighted by Crippen LogP contribution is 2.38. The van der Waals surface area contributed by atoms with Crippen LogP contribution >= 0.6 is 7.60 Å². The van der Waals surface area contributed by atoms with Crippen molar-refractivity contribution in [3.8, 4) is 0 Å². The molecule has 23 heavy (non-hydrogen) atoms. The third-order valence-electron chi connectivity index (χ3n) is 3.19. The van der Waals surface area contributed by atoms with Crippen LogP contribution in [0.3, 0.4) is 0 Å². The maximum atomic E-state index is 11.9. The Balaban J connectivity index is 4.51. The van der Waals surface area contributed by atoms with Crippen molar-refractivity contribution in [2.75, 3.05) is 7.05 Å². The minimum Gasteiger partial charge on any atom is -0.343 e. The molecule has 0 radical (unpaired) electrons. The Hall–Kier alpha value is -1.48. The minimum atomic E-state index is -4.45. The van der Waals surface area contributed by atoms with Gasteiger partial charge in [-0.05, 0) is 34.7 Å². The Morgan fingerprint density at radius 1 is 0.783 bits per heavy atom. The van der Waals surface area contributed by atoms with E-state index in [1.54, 1.807) is 14.0 Å². The van der Waals surface area contributed by atoms with Crippen LogP contribution in [0.4, 0.5) is 0 Å². The summed E-state index contributed by atoms with van der Waals surface area (Å²) >= 11 is 0. The Labute approximate surface area is 134 Å². The molecule has 0 aromatic heterocycles. The van der Waals surface area contributed by atoms with Crippen molar-refractivity contribution in [1.29, 1.82) is 0 Å². The molecule has 0 fully saturated rings. The fourth-order valence-electron chi connectivity index (χ4n) is 1.35. The molecule has 11 heteroatoms. The second-order valence-corrected chi connectivity index (χ2v) is 7.20. The Bertz CT molecular complexity index is 494. The number of hydrogen-bond acceptors (Lipinski definition) is 5. The summed E-state index contributed by atoms with van der Waals surface area (Å²) in [5.41, 5.74) is 0. The van der Waals surface area contributed by atoms with E-state index < -0.39 is 43.3 Å². The largest absolute Gasteiger partial charge is 0.347 e. The topological polar surface area (TPSA) is 157 Å². The molecule has 0 unspecified atom stereocenters. The maximum Gasteiger partial charge on any atom is 0.347 e. The van der Waals surface area contributed by atoms with Crippen LogP contribution in [-0.2, 0) is 18.9 Å². The summed E-state index contributed by atoms with van der Waals surface area (Å²) in [5, 5.41) is 9.67. The summed E-state index contributed by atoms with van der Waals surface area (Å²) in [7, 11) is -2.84. The van der Waals surface area contributed by atoms with Crippen LogP contribution in [0.1, 0.15) is 27.7 Å². The third kappa shape index (κ3) is 7.56. The fraction of sp³-hybridized carbons (Fsp3) is 0.750. The van der Waals surface area contributed by atoms with Crippen LogP contribution in [0.25, 0.3) is 0 Å². The van der Waals surface area contributed by atoms with Crippen molar-refractivity contribution >= 4 is 25.3 Å². The number of carbonyl (C=O) groups excluding carboxylic acids is 3. The molecule has 0 rings (SSSR count). The molecule has 0 spiro atoms. The van der Waals surface area contributed by atoms with E-state index in [9.17, 15) is 18.9 Å². The number of nitrogens with one attached hydrogen (secondary N) is 4. The van der Waals surface area contributed by atoms with Gasteiger partial charge in [0.2, 0.25) is 17.7 Å². The molecule has 0 aromatic carbocycles. The number of rotatable bonds is 8. The van der Waals surface area contributed by atoms with Gasteiger partial charge >= 0.3 is 7.60 Å². The molecule has 0 aliphatic carbocycles. The SMILES string of the molecule is CN[C@@H](C)C(=O)N[C@@H](C)C(=O)N[C@@H](C)C(=O)N[C@@H](C)P(=O)(O)O. The predicted molar refractivity (Wildman–Crippen MR) is 83.4 cm³/mol. The number of carbonyl (C=O) groups is 3. The molecule has 0 heterocycles. The molecule has 10 nitrogen and oxygen atoms in total. The molecule has 134 valence electrons. The summed E-state index contributed by atoms with van der Waals surface area (Å²) in [5.74, 6) is -3.06. The lowest BCUT2D eigenvalue weighted by Crippen LogP contribution is -2.54. The van der Waals surface area contributed by atoms with E-state index in [-0.39, 0.29) is 5.91 Å². The van der Waals surface area contributed by atoms with Crippen LogP contribution in [0.15, 0.2) is 0 Å². The van der Waals surface area contributed by atoms with Gasteiger partial charge in [-0.1, -0.05) is 0 Å². The third-order valence-corrected chi connectivity index (χ3v) is 4.32. The molecule has 0 saturated carbocycles. The van der Waals surface area contributed by atoms with Crippen molar-refractivity contribution in [3.05, 3.63) is 0 Å². The zero-order valence-electron chi connectivity index (χ0n) is 13.8. The van der Waals surface area contributed by atoms with Gasteiger partial charge in [-0.25, -0.2) is 0 Å². The lowest BCUT2D eigenvalue weighted by Gasteiger charge is -2.21. The van der Waals surface area contributed by atoms with Gasteiger partial charge in [-0.2, -0.15) is 0 Å². The molecule has 0 saturated heterocycles. The molecule has 3 amide bonds. The van der Waals surface area contributed by atoms with Gasteiger partial charge in [0, 0.05) is 0 Å². The maximum absolute atomic E-state index is 11.9. The van der Waals surface area contributed by atoms with E-state index >= 15 is 0 Å². The summed E-state index contributed by atoms with van der Waals surface area (Å²) < 4.78 is 11.0. The van der Waals surface area contributed by atoms with Crippen LogP contribution in [0, 0.1) is 0 Å². The first kappa shape index (κ1) is 21.5. The molecular formula is C12H25N4O6P. The highest BCUT2D eigenvalue weighted by atomic mass is 31.2. The van der Waals surface area contributed by atoms with Gasteiger partial charge in [0.15, 0.2) is 0 Å². The molecule has 6 N–H and O–H groups in total. The van der Waals surface area contributed by atoms with E-state index in [1.165, 1.54) is 13.8 Å². The van der Waals surface area contributed by atoms with E-state index in [0.717, 1.165) is 6.92 Å². The van der Waals surface area contributed by atoms with Gasteiger partial charge in [0.05, 0.1) is 6.04 Å². The van der Waals surface area contributed by atoms with Crippen LogP contribution in [0.5, 0.6) is 0 Å². The molecule has 0 aliphatic rings. The van der Waals surface area contributed by atoms with Crippen molar-refractivity contribution < 1.29 is 28.7 Å². The standard InChI is InChI=1S/C12H25N4O6P/c1-6(13-5)10(17)14-7(2)11(18)15-8(3)12(19)16-9(4)23(20,21)22/h6-9,13H,1-5H3,(H,14,17)(H,15,18)(H,16,19)(H2,20,21,22)/t6-,7-,8-,9+/m0/s1. The highest BCUT2D eigenvalue weighted by molar-refractivity contribution is 7.52. The first-order chi connectivity index (χ1) is 10.4. The van der Waals surface area contributed by atoms with Crippen molar-refractivity contribution in [3.63, 3.8) is 0 Å². The molecular weight excluding hydrogens is 327 g/mol. The highest BCUT2D eigenvalue weighted by Gasteiger charge is 2.28. The number of amides is 3. The molecule has 0 aliphatic heterocycles. The lowest BCUT2D eigenvalue weighted by atomic mass is 10.2. The average molecular weight is 352 g/mol. The van der Waals surface area contributed by atoms with Gasteiger partial charge in [-0.3, -0.25) is 18.9 Å². The fourth-order valence-corrected chi connectivity index (χ4v) is 1.65. The first-order valence-corrected chi connectivity index (χ1v) is 8.71. The Morgan fingerprint density at radius 3 is 1.48 bits per heavy atom. The molecule has 0 bridgehead atoms. The zero-order valence-corrected chi connectivity index (χ0v) is 14.7. The normalized spacial score (nSPS) is 16.7. The monoisotopic (exact) mass is 352 g/mol. The van der Waals surface area contributed by atoms with Crippen molar-refractivity contribution in [1.82, 2.24) is 21.3 Å². The smallest absolute Gasteiger partial charge is 0.343 e. The summed E-state index contributed by atoms with van der Waals surface area (Å²) in [6.45, 7) is 5.61. The average Bonchev–Trinajstić information content (AvgIpc) is 2.44. The summed E-state index contributed by atoms with van der Waals surface area (Å²) in [6.07, 6.45) is 0. The van der Waals surface area contributed by atoms with Crippen LogP contribution in [-0.4, -0.2) is 58.5 Å². The summed E-state index contributed by atoms with van der Waals surface area (Å²) in [6, 6.07) is -2.36. The minimum absolute atomic E-state index is 0.373. The van der Waals surface area contributed by atoms with E-state index in [0.29, 0.717) is 0 Å². The first-order valence-electron chi connectivity index (χ1n) is 7.03. The lowest BCUT2D eigenvalue weighted by molar-refractivity contribution is -0.131. The Morgan fingerprint density at radius 2 is 1.13 bits per heavy atom. The van der Waals surface area contributed by atoms with Crippen LogP contribution in [0.2, 0.25) is 0 Å². The van der Waals surface area contributed by atoms with Gasteiger partial charge in [0.25, 0.3) is 0 Å².